The fourth-order valence-electron chi connectivity index (χ4n) is 9.05. The molecular weight excluding hydrogens is 925 g/mol. The number of allylic oxidation sites excluding steroid dienone is 14. The second kappa shape index (κ2) is 63.1. The highest BCUT2D eigenvalue weighted by atomic mass is 16.6. The van der Waals surface area contributed by atoms with E-state index in [1.807, 2.05) is 0 Å². The molecule has 0 amide bonds. The van der Waals surface area contributed by atoms with Gasteiger partial charge in [-0.2, -0.15) is 0 Å². The fraction of sp³-hybridized carbons (Fsp3) is 0.754. The highest BCUT2D eigenvalue weighted by molar-refractivity contribution is 5.71. The number of esters is 3. The van der Waals surface area contributed by atoms with Gasteiger partial charge in [-0.3, -0.25) is 14.4 Å². The van der Waals surface area contributed by atoms with E-state index in [2.05, 4.69) is 106 Å². The Balaban J connectivity index is 4.27. The summed E-state index contributed by atoms with van der Waals surface area (Å²) < 4.78 is 16.9. The Labute approximate surface area is 465 Å². The molecule has 6 nitrogen and oxygen atoms in total. The zero-order valence-electron chi connectivity index (χ0n) is 49.6. The molecule has 0 aromatic rings. The fourth-order valence-corrected chi connectivity index (χ4v) is 9.05. The summed E-state index contributed by atoms with van der Waals surface area (Å²) >= 11 is 0. The van der Waals surface area contributed by atoms with Gasteiger partial charge in [0.25, 0.3) is 0 Å². The number of unbranched alkanes of at least 4 members (excludes halogenated alkanes) is 33. The molecule has 0 heterocycles. The smallest absolute Gasteiger partial charge is 0.306 e. The van der Waals surface area contributed by atoms with Gasteiger partial charge in [-0.1, -0.05) is 266 Å². The Morgan fingerprint density at radius 3 is 0.853 bits per heavy atom. The van der Waals surface area contributed by atoms with Crippen LogP contribution in [0.5, 0.6) is 0 Å². The summed E-state index contributed by atoms with van der Waals surface area (Å²) in [5.41, 5.74) is 0. The molecule has 0 saturated heterocycles. The molecule has 0 saturated carbocycles. The van der Waals surface area contributed by atoms with Crippen LogP contribution in [0.15, 0.2) is 85.1 Å². The Morgan fingerprint density at radius 2 is 0.520 bits per heavy atom. The summed E-state index contributed by atoms with van der Waals surface area (Å²) in [6.45, 7) is 6.50. The molecule has 6 heteroatoms. The summed E-state index contributed by atoms with van der Waals surface area (Å²) in [4.78, 5) is 38.3. The van der Waals surface area contributed by atoms with Gasteiger partial charge in [-0.05, 0) is 116 Å². The maximum Gasteiger partial charge on any atom is 0.306 e. The number of hydrogen-bond acceptors (Lipinski definition) is 6. The van der Waals surface area contributed by atoms with Crippen LogP contribution in [0.3, 0.4) is 0 Å². The molecule has 432 valence electrons. The molecule has 1 unspecified atom stereocenters. The lowest BCUT2D eigenvalue weighted by atomic mass is 10.0. The lowest BCUT2D eigenvalue weighted by Crippen LogP contribution is -2.30. The van der Waals surface area contributed by atoms with Gasteiger partial charge < -0.3 is 14.2 Å². The molecule has 0 aliphatic heterocycles. The SMILES string of the molecule is CC/C=C\C/C=C\C/C=C\C/C=C\CCCCCCCCCCCCCCCCC(=O)OCC(COC(=O)CCCCCCC/C=C\CCCCCC)OC(=O)CCCCCCCCC/C=C\C/C=C\CCCCC. The molecule has 0 radical (unpaired) electrons. The van der Waals surface area contributed by atoms with Crippen LogP contribution in [0.25, 0.3) is 0 Å². The Hall–Kier alpha value is -3.41. The van der Waals surface area contributed by atoms with Gasteiger partial charge in [0, 0.05) is 19.3 Å². The van der Waals surface area contributed by atoms with E-state index in [1.165, 1.54) is 173 Å². The molecule has 0 aromatic carbocycles. The van der Waals surface area contributed by atoms with Crippen LogP contribution in [0.4, 0.5) is 0 Å². The first-order valence-electron chi connectivity index (χ1n) is 32.1. The van der Waals surface area contributed by atoms with Crippen LogP contribution in [0.1, 0.15) is 316 Å². The summed E-state index contributed by atoms with van der Waals surface area (Å²) in [5.74, 6) is -0.886. The van der Waals surface area contributed by atoms with Crippen molar-refractivity contribution in [2.24, 2.45) is 0 Å². The van der Waals surface area contributed by atoms with Crippen molar-refractivity contribution in [3.8, 4) is 0 Å². The van der Waals surface area contributed by atoms with Crippen molar-refractivity contribution in [3.63, 3.8) is 0 Å². The average molecular weight is 1050 g/mol. The molecular formula is C69H120O6. The topological polar surface area (TPSA) is 78.9 Å². The second-order valence-corrected chi connectivity index (χ2v) is 21.3. The first-order chi connectivity index (χ1) is 37.0. The van der Waals surface area contributed by atoms with Crippen LogP contribution < -0.4 is 0 Å². The number of carbonyl (C=O) groups is 3. The van der Waals surface area contributed by atoms with E-state index in [9.17, 15) is 14.4 Å². The molecule has 0 rings (SSSR count). The van der Waals surface area contributed by atoms with Crippen LogP contribution >= 0.6 is 0 Å². The van der Waals surface area contributed by atoms with E-state index in [0.717, 1.165) is 103 Å². The minimum Gasteiger partial charge on any atom is -0.462 e. The van der Waals surface area contributed by atoms with Gasteiger partial charge in [0.1, 0.15) is 13.2 Å². The molecule has 0 spiro atoms. The van der Waals surface area contributed by atoms with E-state index in [-0.39, 0.29) is 31.1 Å². The van der Waals surface area contributed by atoms with Gasteiger partial charge in [0.2, 0.25) is 0 Å². The van der Waals surface area contributed by atoms with E-state index in [1.54, 1.807) is 0 Å². The highest BCUT2D eigenvalue weighted by Gasteiger charge is 2.19. The predicted molar refractivity (Wildman–Crippen MR) is 325 cm³/mol. The molecule has 75 heavy (non-hydrogen) atoms. The third kappa shape index (κ3) is 61.3. The third-order valence-electron chi connectivity index (χ3n) is 13.9. The average Bonchev–Trinajstić information content (AvgIpc) is 3.41. The van der Waals surface area contributed by atoms with Crippen LogP contribution in [-0.4, -0.2) is 37.2 Å². The predicted octanol–water partition coefficient (Wildman–Crippen LogP) is 21.9. The summed E-state index contributed by atoms with van der Waals surface area (Å²) in [7, 11) is 0. The van der Waals surface area contributed by atoms with E-state index >= 15 is 0 Å². The first-order valence-corrected chi connectivity index (χ1v) is 32.1. The molecule has 0 bridgehead atoms. The molecule has 0 aliphatic carbocycles. The van der Waals surface area contributed by atoms with Crippen LogP contribution in [-0.2, 0) is 28.6 Å². The zero-order chi connectivity index (χ0) is 54.3. The zero-order valence-corrected chi connectivity index (χ0v) is 49.6. The largest absolute Gasteiger partial charge is 0.462 e. The van der Waals surface area contributed by atoms with Gasteiger partial charge in [-0.15, -0.1) is 0 Å². The molecule has 0 aliphatic rings. The van der Waals surface area contributed by atoms with Crippen molar-refractivity contribution in [3.05, 3.63) is 85.1 Å². The lowest BCUT2D eigenvalue weighted by molar-refractivity contribution is -0.167. The Bertz CT molecular complexity index is 1430. The lowest BCUT2D eigenvalue weighted by Gasteiger charge is -2.18. The minimum atomic E-state index is -0.784. The molecule has 0 N–H and O–H groups in total. The molecule has 1 atom stereocenters. The maximum absolute atomic E-state index is 12.9. The second-order valence-electron chi connectivity index (χ2n) is 21.3. The molecule has 0 aromatic heterocycles. The quantitative estimate of drug-likeness (QED) is 0.0261. The van der Waals surface area contributed by atoms with Crippen molar-refractivity contribution >= 4 is 17.9 Å². The number of carbonyl (C=O) groups excluding carboxylic acids is 3. The van der Waals surface area contributed by atoms with Crippen molar-refractivity contribution in [2.75, 3.05) is 13.2 Å². The summed E-state index contributed by atoms with van der Waals surface area (Å²) in [6.07, 6.45) is 83.0. The molecule has 0 fully saturated rings. The van der Waals surface area contributed by atoms with Gasteiger partial charge >= 0.3 is 17.9 Å². The van der Waals surface area contributed by atoms with Gasteiger partial charge in [0.15, 0.2) is 6.10 Å². The number of ether oxygens (including phenoxy) is 3. The van der Waals surface area contributed by atoms with Crippen LogP contribution in [0.2, 0.25) is 0 Å². The van der Waals surface area contributed by atoms with E-state index in [4.69, 9.17) is 14.2 Å². The maximum atomic E-state index is 12.9. The number of rotatable bonds is 58. The third-order valence-corrected chi connectivity index (χ3v) is 13.9. The first kappa shape index (κ1) is 71.6. The van der Waals surface area contributed by atoms with Crippen molar-refractivity contribution in [1.29, 1.82) is 0 Å². The van der Waals surface area contributed by atoms with Crippen molar-refractivity contribution in [2.45, 2.75) is 322 Å². The standard InChI is InChI=1S/C69H120O6/c1-4-7-10-13-16-19-22-25-27-29-30-31-32-33-34-35-36-37-38-40-41-44-47-50-53-56-59-62-68(71)74-65-66(64-73-67(70)61-58-55-52-49-46-43-24-21-18-15-12-9-6-3)75-69(72)63-60-57-54-51-48-45-42-39-28-26-23-20-17-14-11-8-5-2/h7,10,16-17,19-21,24-28,30-31,66H,4-6,8-9,11-15,18,22-23,29,32-65H2,1-3H3/b10-7-,19-16-,20-17-,24-21-,27-25-,28-26-,31-30-. The Morgan fingerprint density at radius 1 is 0.280 bits per heavy atom. The monoisotopic (exact) mass is 1040 g/mol. The summed E-state index contributed by atoms with van der Waals surface area (Å²) in [5, 5.41) is 0. The van der Waals surface area contributed by atoms with Crippen LogP contribution in [0, 0.1) is 0 Å². The van der Waals surface area contributed by atoms with Crippen molar-refractivity contribution < 1.29 is 28.6 Å². The number of hydrogen-bond donors (Lipinski definition) is 0. The van der Waals surface area contributed by atoms with Gasteiger partial charge in [0.05, 0.1) is 0 Å². The van der Waals surface area contributed by atoms with Gasteiger partial charge in [-0.25, -0.2) is 0 Å². The minimum absolute atomic E-state index is 0.0807. The summed E-state index contributed by atoms with van der Waals surface area (Å²) in [6, 6.07) is 0. The Kier molecular flexibility index (Phi) is 60.3. The van der Waals surface area contributed by atoms with E-state index < -0.39 is 6.10 Å². The normalized spacial score (nSPS) is 12.6. The highest BCUT2D eigenvalue weighted by Crippen LogP contribution is 2.16. The van der Waals surface area contributed by atoms with Crippen molar-refractivity contribution in [1.82, 2.24) is 0 Å². The van der Waals surface area contributed by atoms with E-state index in [0.29, 0.717) is 19.3 Å².